The van der Waals surface area contributed by atoms with E-state index in [-0.39, 0.29) is 0 Å². The third kappa shape index (κ3) is 2.84. The number of nitrogens with two attached hydrogens (primary N) is 1. The van der Waals surface area contributed by atoms with E-state index in [9.17, 15) is 0 Å². The van der Waals surface area contributed by atoms with Crippen molar-refractivity contribution in [3.8, 4) is 0 Å². The van der Waals surface area contributed by atoms with Crippen LogP contribution in [-0.4, -0.2) is 16.5 Å². The summed E-state index contributed by atoms with van der Waals surface area (Å²) >= 11 is 0. The minimum atomic E-state index is 0.474. The van der Waals surface area contributed by atoms with Crippen LogP contribution in [0, 0.1) is 11.8 Å². The lowest BCUT2D eigenvalue weighted by atomic mass is 9.80. The summed E-state index contributed by atoms with van der Waals surface area (Å²) in [4.78, 5) is 8.20. The molecule has 1 aliphatic carbocycles. The van der Waals surface area contributed by atoms with Crippen LogP contribution in [0.2, 0.25) is 0 Å². The first-order valence-corrected chi connectivity index (χ1v) is 6.07. The van der Waals surface area contributed by atoms with E-state index in [1.807, 2.05) is 0 Å². The summed E-state index contributed by atoms with van der Waals surface area (Å²) in [5.41, 5.74) is 5.58. The normalized spacial score (nSPS) is 25.3. The van der Waals surface area contributed by atoms with Crippen molar-refractivity contribution in [1.82, 2.24) is 9.97 Å². The lowest BCUT2D eigenvalue weighted by molar-refractivity contribution is 0.268. The van der Waals surface area contributed by atoms with Crippen molar-refractivity contribution in [2.45, 2.75) is 32.6 Å². The van der Waals surface area contributed by atoms with Crippen molar-refractivity contribution in [3.05, 3.63) is 12.4 Å². The molecule has 1 heterocycles. The molecule has 4 nitrogen and oxygen atoms in total. The summed E-state index contributed by atoms with van der Waals surface area (Å²) in [5.74, 6) is 2.84. The summed E-state index contributed by atoms with van der Waals surface area (Å²) in [7, 11) is 0. The van der Waals surface area contributed by atoms with E-state index in [0.717, 1.165) is 24.2 Å². The number of nitrogens with zero attached hydrogens (tertiary/aromatic N) is 2. The summed E-state index contributed by atoms with van der Waals surface area (Å²) in [5, 5.41) is 3.33. The van der Waals surface area contributed by atoms with Crippen molar-refractivity contribution in [3.63, 3.8) is 0 Å². The van der Waals surface area contributed by atoms with E-state index in [0.29, 0.717) is 5.82 Å². The topological polar surface area (TPSA) is 63.8 Å². The standard InChI is InChI=1S/C12H20N4/c1-9-4-2-3-5-10(9)6-15-12-8-14-7-11(13)16-12/h7-10H,2-6H2,1H3,(H3,13,15,16). The highest BCUT2D eigenvalue weighted by molar-refractivity contribution is 5.38. The van der Waals surface area contributed by atoms with Crippen LogP contribution in [0.5, 0.6) is 0 Å². The Morgan fingerprint density at radius 2 is 2.19 bits per heavy atom. The SMILES string of the molecule is CC1CCCCC1CNc1cncc(N)n1. The van der Waals surface area contributed by atoms with Gasteiger partial charge in [-0.05, 0) is 18.3 Å². The molecule has 1 fully saturated rings. The van der Waals surface area contributed by atoms with Crippen molar-refractivity contribution >= 4 is 11.6 Å². The van der Waals surface area contributed by atoms with Crippen LogP contribution in [0.4, 0.5) is 11.6 Å². The Bertz CT molecular complexity index is 340. The Morgan fingerprint density at radius 3 is 2.94 bits per heavy atom. The highest BCUT2D eigenvalue weighted by atomic mass is 15.0. The molecule has 2 rings (SSSR count). The predicted molar refractivity (Wildman–Crippen MR) is 66.1 cm³/mol. The van der Waals surface area contributed by atoms with Crippen LogP contribution in [0.3, 0.4) is 0 Å². The molecular formula is C12H20N4. The van der Waals surface area contributed by atoms with Gasteiger partial charge in [0, 0.05) is 6.54 Å². The molecule has 3 N–H and O–H groups in total. The highest BCUT2D eigenvalue weighted by Gasteiger charge is 2.20. The minimum absolute atomic E-state index is 0.474. The minimum Gasteiger partial charge on any atom is -0.382 e. The van der Waals surface area contributed by atoms with Gasteiger partial charge in [-0.25, -0.2) is 4.98 Å². The van der Waals surface area contributed by atoms with Gasteiger partial charge in [-0.15, -0.1) is 0 Å². The molecule has 1 saturated carbocycles. The summed E-state index contributed by atoms with van der Waals surface area (Å²) in [6.07, 6.45) is 8.71. The van der Waals surface area contributed by atoms with Gasteiger partial charge in [-0.2, -0.15) is 0 Å². The van der Waals surface area contributed by atoms with Gasteiger partial charge >= 0.3 is 0 Å². The Hall–Kier alpha value is -1.32. The van der Waals surface area contributed by atoms with Gasteiger partial charge in [-0.3, -0.25) is 4.98 Å². The monoisotopic (exact) mass is 220 g/mol. The maximum atomic E-state index is 5.58. The molecule has 2 unspecified atom stereocenters. The quantitative estimate of drug-likeness (QED) is 0.820. The lowest BCUT2D eigenvalue weighted by Crippen LogP contribution is -2.24. The molecule has 1 aliphatic rings. The maximum Gasteiger partial charge on any atom is 0.146 e. The third-order valence-corrected chi connectivity index (χ3v) is 3.49. The van der Waals surface area contributed by atoms with Crippen LogP contribution in [0.1, 0.15) is 32.6 Å². The van der Waals surface area contributed by atoms with E-state index in [1.54, 1.807) is 12.4 Å². The maximum absolute atomic E-state index is 5.58. The molecule has 0 amide bonds. The third-order valence-electron chi connectivity index (χ3n) is 3.49. The molecule has 0 aromatic carbocycles. The molecule has 2 atom stereocenters. The predicted octanol–water partition coefficient (Wildman–Crippen LogP) is 2.30. The van der Waals surface area contributed by atoms with Gasteiger partial charge in [0.05, 0.1) is 12.4 Å². The second-order valence-corrected chi connectivity index (χ2v) is 4.73. The average molecular weight is 220 g/mol. The smallest absolute Gasteiger partial charge is 0.146 e. The number of rotatable bonds is 3. The van der Waals surface area contributed by atoms with Crippen LogP contribution in [-0.2, 0) is 0 Å². The van der Waals surface area contributed by atoms with E-state index in [2.05, 4.69) is 22.2 Å². The Balaban J connectivity index is 1.86. The number of hydrogen-bond donors (Lipinski definition) is 2. The fourth-order valence-corrected chi connectivity index (χ4v) is 2.40. The van der Waals surface area contributed by atoms with Crippen molar-refractivity contribution in [2.24, 2.45) is 11.8 Å². The second kappa shape index (κ2) is 5.14. The number of aromatic nitrogens is 2. The molecular weight excluding hydrogens is 200 g/mol. The summed E-state index contributed by atoms with van der Waals surface area (Å²) < 4.78 is 0. The van der Waals surface area contributed by atoms with Gasteiger partial charge < -0.3 is 11.1 Å². The zero-order valence-corrected chi connectivity index (χ0v) is 9.82. The lowest BCUT2D eigenvalue weighted by Gasteiger charge is -2.28. The van der Waals surface area contributed by atoms with Crippen LogP contribution in [0.15, 0.2) is 12.4 Å². The zero-order valence-electron chi connectivity index (χ0n) is 9.82. The summed E-state index contributed by atoms with van der Waals surface area (Å²) in [6, 6.07) is 0. The van der Waals surface area contributed by atoms with E-state index >= 15 is 0 Å². The van der Waals surface area contributed by atoms with Crippen molar-refractivity contribution < 1.29 is 0 Å². The number of nitrogens with one attached hydrogen (secondary N) is 1. The molecule has 0 bridgehead atoms. The molecule has 0 saturated heterocycles. The van der Waals surface area contributed by atoms with E-state index in [4.69, 9.17) is 5.73 Å². The second-order valence-electron chi connectivity index (χ2n) is 4.73. The molecule has 0 radical (unpaired) electrons. The van der Waals surface area contributed by atoms with Crippen LogP contribution in [0.25, 0.3) is 0 Å². The first-order valence-electron chi connectivity index (χ1n) is 6.07. The van der Waals surface area contributed by atoms with E-state index < -0.39 is 0 Å². The molecule has 88 valence electrons. The van der Waals surface area contributed by atoms with Crippen LogP contribution >= 0.6 is 0 Å². The van der Waals surface area contributed by atoms with Gasteiger partial charge in [-0.1, -0.05) is 26.2 Å². The molecule has 0 spiro atoms. The zero-order chi connectivity index (χ0) is 11.4. The number of nitrogen functional groups attached to an aromatic ring is 1. The van der Waals surface area contributed by atoms with Crippen LogP contribution < -0.4 is 11.1 Å². The van der Waals surface area contributed by atoms with Gasteiger partial charge in [0.1, 0.15) is 11.6 Å². The number of anilines is 2. The first-order chi connectivity index (χ1) is 7.75. The highest BCUT2D eigenvalue weighted by Crippen LogP contribution is 2.29. The fourth-order valence-electron chi connectivity index (χ4n) is 2.40. The Kier molecular flexibility index (Phi) is 3.59. The van der Waals surface area contributed by atoms with Gasteiger partial charge in [0.25, 0.3) is 0 Å². The molecule has 1 aromatic heterocycles. The fraction of sp³-hybridized carbons (Fsp3) is 0.667. The van der Waals surface area contributed by atoms with Gasteiger partial charge in [0.15, 0.2) is 0 Å². The molecule has 4 heteroatoms. The number of hydrogen-bond acceptors (Lipinski definition) is 4. The summed E-state index contributed by atoms with van der Waals surface area (Å²) in [6.45, 7) is 3.33. The van der Waals surface area contributed by atoms with Crippen molar-refractivity contribution in [2.75, 3.05) is 17.6 Å². The Morgan fingerprint density at radius 1 is 1.38 bits per heavy atom. The molecule has 1 aromatic rings. The Labute approximate surface area is 96.7 Å². The molecule has 16 heavy (non-hydrogen) atoms. The van der Waals surface area contributed by atoms with Gasteiger partial charge in [0.2, 0.25) is 0 Å². The first kappa shape index (κ1) is 11.2. The largest absolute Gasteiger partial charge is 0.382 e. The van der Waals surface area contributed by atoms with Crippen molar-refractivity contribution in [1.29, 1.82) is 0 Å². The van der Waals surface area contributed by atoms with E-state index in [1.165, 1.54) is 25.7 Å². The average Bonchev–Trinajstić information content (AvgIpc) is 2.28. The molecule has 0 aliphatic heterocycles.